The van der Waals surface area contributed by atoms with Crippen molar-refractivity contribution >= 4 is 16.8 Å². The van der Waals surface area contributed by atoms with Gasteiger partial charge in [0, 0.05) is 37.0 Å². The molecule has 0 bridgehead atoms. The van der Waals surface area contributed by atoms with Crippen molar-refractivity contribution in [3.8, 4) is 0 Å². The Labute approximate surface area is 112 Å². The molecule has 1 saturated heterocycles. The molecule has 1 atom stereocenters. The number of carbonyl (C=O) groups is 1. The summed E-state index contributed by atoms with van der Waals surface area (Å²) in [6.07, 6.45) is 2.90. The Morgan fingerprint density at radius 3 is 3.21 bits per heavy atom. The second-order valence-corrected chi connectivity index (χ2v) is 5.07. The zero-order valence-electron chi connectivity index (χ0n) is 11.1. The van der Waals surface area contributed by atoms with Gasteiger partial charge in [-0.1, -0.05) is 6.07 Å². The lowest BCUT2D eigenvalue weighted by atomic mass is 10.1. The van der Waals surface area contributed by atoms with E-state index in [0.717, 1.165) is 36.0 Å². The molecule has 1 aromatic carbocycles. The molecular weight excluding hydrogens is 240 g/mol. The highest BCUT2D eigenvalue weighted by molar-refractivity contribution is 5.97. The number of benzene rings is 1. The van der Waals surface area contributed by atoms with Crippen molar-refractivity contribution < 1.29 is 9.53 Å². The van der Waals surface area contributed by atoms with Crippen LogP contribution in [0.25, 0.3) is 10.9 Å². The van der Waals surface area contributed by atoms with Gasteiger partial charge >= 0.3 is 0 Å². The van der Waals surface area contributed by atoms with Crippen molar-refractivity contribution in [3.63, 3.8) is 0 Å². The molecule has 4 heteroatoms. The maximum absolute atomic E-state index is 12.5. The van der Waals surface area contributed by atoms with Crippen molar-refractivity contribution in [3.05, 3.63) is 36.0 Å². The molecule has 0 aliphatic carbocycles. The molecule has 1 aliphatic rings. The van der Waals surface area contributed by atoms with Gasteiger partial charge in [-0.3, -0.25) is 4.79 Å². The fourth-order valence-corrected chi connectivity index (χ4v) is 2.54. The quantitative estimate of drug-likeness (QED) is 0.853. The van der Waals surface area contributed by atoms with Gasteiger partial charge in [0.05, 0.1) is 6.10 Å². The lowest BCUT2D eigenvalue weighted by molar-refractivity contribution is 0.0563. The van der Waals surface area contributed by atoms with E-state index < -0.39 is 0 Å². The normalized spacial score (nSPS) is 20.5. The Kier molecular flexibility index (Phi) is 3.25. The molecule has 0 spiro atoms. The monoisotopic (exact) mass is 258 g/mol. The molecule has 4 nitrogen and oxygen atoms in total. The van der Waals surface area contributed by atoms with E-state index in [1.807, 2.05) is 42.3 Å². The highest BCUT2D eigenvalue weighted by atomic mass is 16.5. The summed E-state index contributed by atoms with van der Waals surface area (Å²) in [7, 11) is 0. The number of hydrogen-bond acceptors (Lipinski definition) is 2. The minimum Gasteiger partial charge on any atom is -0.377 e. The molecule has 2 heterocycles. The summed E-state index contributed by atoms with van der Waals surface area (Å²) < 4.78 is 5.58. The van der Waals surface area contributed by atoms with Gasteiger partial charge in [-0.25, -0.2) is 0 Å². The maximum Gasteiger partial charge on any atom is 0.254 e. The Balaban J connectivity index is 1.85. The first-order valence-corrected chi connectivity index (χ1v) is 6.72. The van der Waals surface area contributed by atoms with E-state index in [9.17, 15) is 4.79 Å². The van der Waals surface area contributed by atoms with Crippen LogP contribution in [0.5, 0.6) is 0 Å². The fourth-order valence-electron chi connectivity index (χ4n) is 2.54. The van der Waals surface area contributed by atoms with Gasteiger partial charge in [-0.15, -0.1) is 0 Å². The van der Waals surface area contributed by atoms with Crippen LogP contribution in [0, 0.1) is 0 Å². The largest absolute Gasteiger partial charge is 0.377 e. The Bertz CT molecular complexity index is 591. The van der Waals surface area contributed by atoms with Gasteiger partial charge in [-0.2, -0.15) is 0 Å². The molecule has 3 rings (SSSR count). The molecule has 1 aliphatic heterocycles. The van der Waals surface area contributed by atoms with Crippen LogP contribution in [0.2, 0.25) is 0 Å². The molecule has 1 aromatic heterocycles. The lowest BCUT2D eigenvalue weighted by Crippen LogP contribution is -2.35. The van der Waals surface area contributed by atoms with Crippen LogP contribution >= 0.6 is 0 Å². The van der Waals surface area contributed by atoms with Crippen LogP contribution in [0.1, 0.15) is 23.7 Å². The van der Waals surface area contributed by atoms with Crippen molar-refractivity contribution in [2.45, 2.75) is 19.4 Å². The van der Waals surface area contributed by atoms with E-state index in [2.05, 4.69) is 4.98 Å². The molecule has 0 saturated carbocycles. The summed E-state index contributed by atoms with van der Waals surface area (Å²) in [6, 6.07) is 7.81. The summed E-state index contributed by atoms with van der Waals surface area (Å²) >= 11 is 0. The average Bonchev–Trinajstić information content (AvgIpc) is 2.78. The summed E-state index contributed by atoms with van der Waals surface area (Å²) in [5.74, 6) is 0.0915. The van der Waals surface area contributed by atoms with Gasteiger partial charge in [0.2, 0.25) is 0 Å². The second-order valence-electron chi connectivity index (χ2n) is 5.07. The molecule has 19 heavy (non-hydrogen) atoms. The first-order valence-electron chi connectivity index (χ1n) is 6.72. The number of ether oxygens (including phenoxy) is 1. The number of nitrogens with zero attached hydrogens (tertiary/aromatic N) is 1. The van der Waals surface area contributed by atoms with Crippen LogP contribution in [0.4, 0.5) is 0 Å². The first kappa shape index (κ1) is 12.2. The Morgan fingerprint density at radius 1 is 1.42 bits per heavy atom. The van der Waals surface area contributed by atoms with Gasteiger partial charge in [0.25, 0.3) is 5.91 Å². The molecule has 2 aromatic rings. The first-order chi connectivity index (χ1) is 9.24. The van der Waals surface area contributed by atoms with E-state index in [4.69, 9.17) is 4.74 Å². The van der Waals surface area contributed by atoms with Crippen LogP contribution in [0.3, 0.4) is 0 Å². The summed E-state index contributed by atoms with van der Waals surface area (Å²) in [6.45, 7) is 4.19. The zero-order chi connectivity index (χ0) is 13.2. The predicted molar refractivity (Wildman–Crippen MR) is 74.2 cm³/mol. The standard InChI is InChI=1S/C15H18N2O2/c1-11-10-17(7-2-8-19-11)15(18)13-4-3-12-5-6-16-14(12)9-13/h3-6,9,11,16H,2,7-8,10H2,1H3. The number of fused-ring (bicyclic) bond motifs is 1. The molecule has 0 radical (unpaired) electrons. The SMILES string of the molecule is CC1CN(C(=O)c2ccc3cc[nH]c3c2)CCCO1. The van der Waals surface area contributed by atoms with Gasteiger partial charge < -0.3 is 14.6 Å². The van der Waals surface area contributed by atoms with Crippen molar-refractivity contribution in [2.75, 3.05) is 19.7 Å². The van der Waals surface area contributed by atoms with E-state index in [1.165, 1.54) is 0 Å². The second kappa shape index (κ2) is 5.05. The minimum absolute atomic E-state index is 0.0915. The number of H-pyrrole nitrogens is 1. The number of carbonyl (C=O) groups excluding carboxylic acids is 1. The van der Waals surface area contributed by atoms with Gasteiger partial charge in [0.1, 0.15) is 0 Å². The summed E-state index contributed by atoms with van der Waals surface area (Å²) in [4.78, 5) is 17.6. The lowest BCUT2D eigenvalue weighted by Gasteiger charge is -2.22. The van der Waals surface area contributed by atoms with Gasteiger partial charge in [0.15, 0.2) is 0 Å². The van der Waals surface area contributed by atoms with Crippen molar-refractivity contribution in [1.82, 2.24) is 9.88 Å². The van der Waals surface area contributed by atoms with Crippen LogP contribution in [0.15, 0.2) is 30.5 Å². The highest BCUT2D eigenvalue weighted by Crippen LogP contribution is 2.17. The number of rotatable bonds is 1. The zero-order valence-corrected chi connectivity index (χ0v) is 11.1. The summed E-state index contributed by atoms with van der Waals surface area (Å²) in [5.41, 5.74) is 1.74. The van der Waals surface area contributed by atoms with E-state index >= 15 is 0 Å². The van der Waals surface area contributed by atoms with Crippen molar-refractivity contribution in [1.29, 1.82) is 0 Å². The third-order valence-electron chi connectivity index (χ3n) is 3.54. The topological polar surface area (TPSA) is 45.3 Å². The third-order valence-corrected chi connectivity index (χ3v) is 3.54. The van der Waals surface area contributed by atoms with E-state index in [0.29, 0.717) is 6.54 Å². The predicted octanol–water partition coefficient (Wildman–Crippen LogP) is 2.42. The molecule has 1 amide bonds. The summed E-state index contributed by atoms with van der Waals surface area (Å²) in [5, 5.41) is 1.13. The minimum atomic E-state index is 0.0915. The number of amides is 1. The number of aromatic amines is 1. The molecule has 1 N–H and O–H groups in total. The van der Waals surface area contributed by atoms with E-state index in [1.54, 1.807) is 0 Å². The molecule has 1 fully saturated rings. The Morgan fingerprint density at radius 2 is 2.32 bits per heavy atom. The van der Waals surface area contributed by atoms with Gasteiger partial charge in [-0.05, 0) is 36.9 Å². The molecular formula is C15H18N2O2. The van der Waals surface area contributed by atoms with Crippen LogP contribution < -0.4 is 0 Å². The fraction of sp³-hybridized carbons (Fsp3) is 0.400. The molecule has 1 unspecified atom stereocenters. The Hall–Kier alpha value is -1.81. The average molecular weight is 258 g/mol. The molecule has 100 valence electrons. The smallest absolute Gasteiger partial charge is 0.254 e. The van der Waals surface area contributed by atoms with E-state index in [-0.39, 0.29) is 12.0 Å². The number of aromatic nitrogens is 1. The maximum atomic E-state index is 12.5. The number of nitrogens with one attached hydrogen (secondary N) is 1. The van der Waals surface area contributed by atoms with Crippen LogP contribution in [-0.2, 0) is 4.74 Å². The third kappa shape index (κ3) is 2.49. The highest BCUT2D eigenvalue weighted by Gasteiger charge is 2.21. The van der Waals surface area contributed by atoms with Crippen molar-refractivity contribution in [2.24, 2.45) is 0 Å². The van der Waals surface area contributed by atoms with Crippen LogP contribution in [-0.4, -0.2) is 41.6 Å². The number of hydrogen-bond donors (Lipinski definition) is 1.